The minimum Gasteiger partial charge on any atom is -0.550 e. The van der Waals surface area contributed by atoms with Gasteiger partial charge in [0.2, 0.25) is 5.91 Å². The largest absolute Gasteiger partial charge is 0.550 e. The van der Waals surface area contributed by atoms with Crippen molar-refractivity contribution in [3.05, 3.63) is 42.5 Å². The molecule has 21 heavy (non-hydrogen) atoms. The van der Waals surface area contributed by atoms with Crippen LogP contribution < -0.4 is 5.11 Å². The fourth-order valence-corrected chi connectivity index (χ4v) is 3.06. The van der Waals surface area contributed by atoms with Crippen LogP contribution in [-0.4, -0.2) is 33.7 Å². The number of aliphatic carboxylic acids is 1. The number of aliphatic imine (C=N–C) groups is 1. The average Bonchev–Trinajstić information content (AvgIpc) is 2.70. The number of carbonyl (C=O) groups excluding carboxylic acids is 2. The molecule has 0 N–H and O–H groups in total. The maximum atomic E-state index is 12.2. The molecule has 1 fully saturated rings. The van der Waals surface area contributed by atoms with Crippen LogP contribution in [0.1, 0.15) is 12.0 Å². The zero-order valence-electron chi connectivity index (χ0n) is 11.6. The zero-order chi connectivity index (χ0) is 15.4. The molecule has 2 rings (SSSR count). The standard InChI is InChI=1S/C15H16N2O3S/c1-3-8-17-14(20)12(9-13(18)19)21-15(17)16-11-6-4-10(2)5-7-11/h3-7,12H,1,8-9H2,2H3,(H,18,19)/p-1/t12-/m1/s1. The van der Waals surface area contributed by atoms with E-state index in [0.717, 1.165) is 23.0 Å². The van der Waals surface area contributed by atoms with Gasteiger partial charge in [0.25, 0.3) is 0 Å². The van der Waals surface area contributed by atoms with Crippen LogP contribution in [0, 0.1) is 6.92 Å². The van der Waals surface area contributed by atoms with E-state index in [-0.39, 0.29) is 12.3 Å². The minimum absolute atomic E-state index is 0.269. The molecule has 0 saturated carbocycles. The monoisotopic (exact) mass is 303 g/mol. The summed E-state index contributed by atoms with van der Waals surface area (Å²) in [5, 5.41) is 10.5. The van der Waals surface area contributed by atoms with Gasteiger partial charge in [-0.1, -0.05) is 35.5 Å². The second-order valence-corrected chi connectivity index (χ2v) is 5.82. The smallest absolute Gasteiger partial charge is 0.242 e. The van der Waals surface area contributed by atoms with Crippen LogP contribution in [0.25, 0.3) is 0 Å². The highest BCUT2D eigenvalue weighted by Crippen LogP contribution is 2.31. The van der Waals surface area contributed by atoms with Crippen molar-refractivity contribution in [2.45, 2.75) is 18.6 Å². The van der Waals surface area contributed by atoms with Crippen LogP contribution in [0.5, 0.6) is 0 Å². The molecule has 1 aromatic rings. The van der Waals surface area contributed by atoms with Crippen molar-refractivity contribution in [3.8, 4) is 0 Å². The van der Waals surface area contributed by atoms with Gasteiger partial charge in [0.05, 0.1) is 10.9 Å². The lowest BCUT2D eigenvalue weighted by Gasteiger charge is -2.13. The number of benzene rings is 1. The molecule has 0 aromatic heterocycles. The van der Waals surface area contributed by atoms with E-state index in [2.05, 4.69) is 11.6 Å². The maximum absolute atomic E-state index is 12.2. The summed E-state index contributed by atoms with van der Waals surface area (Å²) in [6.07, 6.45) is 1.27. The third-order valence-electron chi connectivity index (χ3n) is 2.94. The SMILES string of the molecule is C=CCN1C(=O)[C@@H](CC(=O)[O-])SC1=Nc1ccc(C)cc1. The first kappa shape index (κ1) is 15.3. The van der Waals surface area contributed by atoms with E-state index in [1.54, 1.807) is 6.08 Å². The molecule has 1 aliphatic heterocycles. The van der Waals surface area contributed by atoms with Gasteiger partial charge in [0.1, 0.15) is 0 Å². The summed E-state index contributed by atoms with van der Waals surface area (Å²) < 4.78 is 0. The summed E-state index contributed by atoms with van der Waals surface area (Å²) in [5.74, 6) is -1.51. The van der Waals surface area contributed by atoms with E-state index in [0.29, 0.717) is 11.7 Å². The Hall–Kier alpha value is -2.08. The highest BCUT2D eigenvalue weighted by Gasteiger charge is 2.37. The Kier molecular flexibility index (Phi) is 4.80. The van der Waals surface area contributed by atoms with Gasteiger partial charge in [0, 0.05) is 18.9 Å². The van der Waals surface area contributed by atoms with Crippen LogP contribution in [0.15, 0.2) is 41.9 Å². The first-order valence-corrected chi connectivity index (χ1v) is 7.33. The second kappa shape index (κ2) is 6.58. The molecule has 0 bridgehead atoms. The van der Waals surface area contributed by atoms with Gasteiger partial charge in [-0.3, -0.25) is 9.69 Å². The number of carboxylic acids is 1. The fourth-order valence-electron chi connectivity index (χ4n) is 1.90. The molecule has 0 unspecified atom stereocenters. The number of thioether (sulfide) groups is 1. The van der Waals surface area contributed by atoms with Crippen LogP contribution >= 0.6 is 11.8 Å². The first-order valence-electron chi connectivity index (χ1n) is 6.45. The van der Waals surface area contributed by atoms with Crippen molar-refractivity contribution >= 4 is 34.5 Å². The van der Waals surface area contributed by atoms with Gasteiger partial charge >= 0.3 is 0 Å². The molecule has 0 aliphatic carbocycles. The molecular formula is C15H15N2O3S-. The number of rotatable bonds is 5. The van der Waals surface area contributed by atoms with Crippen LogP contribution in [0.2, 0.25) is 0 Å². The van der Waals surface area contributed by atoms with Crippen molar-refractivity contribution in [1.82, 2.24) is 4.90 Å². The molecule has 1 amide bonds. The summed E-state index contributed by atoms with van der Waals surface area (Å²) in [7, 11) is 0. The van der Waals surface area contributed by atoms with E-state index < -0.39 is 11.2 Å². The molecule has 5 nitrogen and oxygen atoms in total. The zero-order valence-corrected chi connectivity index (χ0v) is 12.4. The number of hydrogen-bond acceptors (Lipinski definition) is 5. The highest BCUT2D eigenvalue weighted by molar-refractivity contribution is 8.15. The lowest BCUT2D eigenvalue weighted by molar-refractivity contribution is -0.305. The first-order chi connectivity index (χ1) is 10.0. The maximum Gasteiger partial charge on any atom is 0.242 e. The molecule has 1 aromatic carbocycles. The van der Waals surface area contributed by atoms with Crippen molar-refractivity contribution in [2.75, 3.05) is 6.54 Å². The predicted molar refractivity (Wildman–Crippen MR) is 81.2 cm³/mol. The Labute approximate surface area is 127 Å². The van der Waals surface area contributed by atoms with Crippen molar-refractivity contribution in [1.29, 1.82) is 0 Å². The summed E-state index contributed by atoms with van der Waals surface area (Å²) in [5.41, 5.74) is 1.84. The lowest BCUT2D eigenvalue weighted by atomic mass is 10.2. The summed E-state index contributed by atoms with van der Waals surface area (Å²) in [6.45, 7) is 5.89. The van der Waals surface area contributed by atoms with Gasteiger partial charge in [-0.25, -0.2) is 4.99 Å². The summed E-state index contributed by atoms with van der Waals surface area (Å²) in [6, 6.07) is 7.56. The van der Waals surface area contributed by atoms with Crippen LogP contribution in [-0.2, 0) is 9.59 Å². The number of carboxylic acid groups (broad SMARTS) is 1. The second-order valence-electron chi connectivity index (χ2n) is 4.65. The molecular weight excluding hydrogens is 288 g/mol. The Morgan fingerprint density at radius 2 is 2.14 bits per heavy atom. The molecule has 1 saturated heterocycles. The van der Waals surface area contributed by atoms with Gasteiger partial charge in [0.15, 0.2) is 5.17 Å². The molecule has 1 heterocycles. The van der Waals surface area contributed by atoms with Gasteiger partial charge < -0.3 is 9.90 Å². The van der Waals surface area contributed by atoms with E-state index in [4.69, 9.17) is 0 Å². The Morgan fingerprint density at radius 3 is 2.71 bits per heavy atom. The molecule has 0 spiro atoms. The third kappa shape index (κ3) is 3.72. The van der Waals surface area contributed by atoms with Crippen molar-refractivity contribution < 1.29 is 14.7 Å². The van der Waals surface area contributed by atoms with E-state index >= 15 is 0 Å². The Bertz CT molecular complexity index is 595. The van der Waals surface area contributed by atoms with Crippen LogP contribution in [0.3, 0.4) is 0 Å². The topological polar surface area (TPSA) is 72.8 Å². The molecule has 1 atom stereocenters. The number of hydrogen-bond donors (Lipinski definition) is 0. The summed E-state index contributed by atoms with van der Waals surface area (Å²) in [4.78, 5) is 28.8. The van der Waals surface area contributed by atoms with E-state index in [9.17, 15) is 14.7 Å². The van der Waals surface area contributed by atoms with E-state index in [1.807, 2.05) is 31.2 Å². The van der Waals surface area contributed by atoms with Gasteiger partial charge in [-0.05, 0) is 19.1 Å². The van der Waals surface area contributed by atoms with E-state index in [1.165, 1.54) is 4.90 Å². The van der Waals surface area contributed by atoms with Gasteiger partial charge in [-0.15, -0.1) is 6.58 Å². The predicted octanol–water partition coefficient (Wildman–Crippen LogP) is 1.25. The third-order valence-corrected chi connectivity index (χ3v) is 4.12. The van der Waals surface area contributed by atoms with Crippen LogP contribution in [0.4, 0.5) is 5.69 Å². The molecule has 110 valence electrons. The molecule has 0 radical (unpaired) electrons. The molecule has 6 heteroatoms. The Morgan fingerprint density at radius 1 is 1.48 bits per heavy atom. The number of amides is 1. The minimum atomic E-state index is -1.24. The van der Waals surface area contributed by atoms with Crippen molar-refractivity contribution in [2.24, 2.45) is 4.99 Å². The Balaban J connectivity index is 2.27. The number of amidine groups is 1. The molecule has 1 aliphatic rings. The highest BCUT2D eigenvalue weighted by atomic mass is 32.2. The number of carbonyl (C=O) groups is 2. The van der Waals surface area contributed by atoms with Gasteiger partial charge in [-0.2, -0.15) is 0 Å². The van der Waals surface area contributed by atoms with Crippen molar-refractivity contribution in [3.63, 3.8) is 0 Å². The fraction of sp³-hybridized carbons (Fsp3) is 0.267. The quantitative estimate of drug-likeness (QED) is 0.768. The number of nitrogens with zero attached hydrogens (tertiary/aromatic N) is 2. The summed E-state index contributed by atoms with van der Waals surface area (Å²) >= 11 is 1.15. The normalized spacial score (nSPS) is 20.0. The average molecular weight is 303 g/mol. The number of aryl methyl sites for hydroxylation is 1. The lowest BCUT2D eigenvalue weighted by Crippen LogP contribution is -2.35.